The number of hydrogen-bond acceptors (Lipinski definition) is 8. The SMILES string of the molecule is C[C@H](Oc1cc(-n2ccnc2)nc(-c2onc3c2CCC[C@@]32CCCCC2=O)n1)[C@@H]1CCCN1C. The molecule has 9 nitrogen and oxygen atoms in total. The topological polar surface area (TPSA) is 99.2 Å². The van der Waals surface area contributed by atoms with E-state index in [9.17, 15) is 4.79 Å². The highest BCUT2D eigenvalue weighted by Gasteiger charge is 2.48. The summed E-state index contributed by atoms with van der Waals surface area (Å²) in [5.74, 6) is 2.44. The Morgan fingerprint density at radius 3 is 2.83 bits per heavy atom. The van der Waals surface area contributed by atoms with Crippen LogP contribution in [0.3, 0.4) is 0 Å². The lowest BCUT2D eigenvalue weighted by atomic mass is 9.64. The van der Waals surface area contributed by atoms with Gasteiger partial charge < -0.3 is 9.26 Å². The van der Waals surface area contributed by atoms with E-state index >= 15 is 0 Å². The summed E-state index contributed by atoms with van der Waals surface area (Å²) < 4.78 is 14.1. The maximum absolute atomic E-state index is 13.1. The zero-order chi connectivity index (χ0) is 24.0. The van der Waals surface area contributed by atoms with Crippen LogP contribution in [-0.4, -0.2) is 61.1 Å². The van der Waals surface area contributed by atoms with Crippen molar-refractivity contribution in [3.05, 3.63) is 36.0 Å². The number of hydrogen-bond donors (Lipinski definition) is 0. The molecule has 0 N–H and O–H groups in total. The van der Waals surface area contributed by atoms with Gasteiger partial charge in [0.05, 0.1) is 5.41 Å². The summed E-state index contributed by atoms with van der Waals surface area (Å²) >= 11 is 0. The van der Waals surface area contributed by atoms with Crippen molar-refractivity contribution in [1.29, 1.82) is 0 Å². The number of likely N-dealkylation sites (tertiary alicyclic amines) is 1. The van der Waals surface area contributed by atoms with Crippen LogP contribution < -0.4 is 4.74 Å². The van der Waals surface area contributed by atoms with Gasteiger partial charge in [-0.1, -0.05) is 11.6 Å². The maximum Gasteiger partial charge on any atom is 0.219 e. The Kier molecular flexibility index (Phi) is 5.67. The van der Waals surface area contributed by atoms with Crippen molar-refractivity contribution in [1.82, 2.24) is 29.6 Å². The molecular formula is C26H32N6O3. The summed E-state index contributed by atoms with van der Waals surface area (Å²) in [5.41, 5.74) is 1.28. The molecular weight excluding hydrogens is 444 g/mol. The lowest BCUT2D eigenvalue weighted by molar-refractivity contribution is -0.127. The Balaban J connectivity index is 1.40. The van der Waals surface area contributed by atoms with E-state index in [-0.39, 0.29) is 6.10 Å². The van der Waals surface area contributed by atoms with Crippen molar-refractivity contribution < 1.29 is 14.1 Å². The van der Waals surface area contributed by atoms with Crippen molar-refractivity contribution in [3.8, 4) is 23.3 Å². The number of ether oxygens (including phenoxy) is 1. The molecule has 2 fully saturated rings. The molecule has 1 saturated carbocycles. The number of rotatable bonds is 5. The maximum atomic E-state index is 13.1. The van der Waals surface area contributed by atoms with Gasteiger partial charge in [-0.2, -0.15) is 4.98 Å². The number of imidazole rings is 1. The first-order valence-corrected chi connectivity index (χ1v) is 12.8. The van der Waals surface area contributed by atoms with Crippen molar-refractivity contribution >= 4 is 5.78 Å². The number of likely N-dealkylation sites (N-methyl/N-ethyl adjacent to an activating group) is 1. The molecule has 35 heavy (non-hydrogen) atoms. The number of carbonyl (C=O) groups is 1. The van der Waals surface area contributed by atoms with Crippen molar-refractivity contribution in [2.45, 2.75) is 82.3 Å². The minimum Gasteiger partial charge on any atom is -0.473 e. The van der Waals surface area contributed by atoms with Crippen LogP contribution in [0.4, 0.5) is 0 Å². The fraction of sp³-hybridized carbons (Fsp3) is 0.577. The summed E-state index contributed by atoms with van der Waals surface area (Å²) in [6, 6.07) is 2.19. The molecule has 0 radical (unpaired) electrons. The average Bonchev–Trinajstić information content (AvgIpc) is 3.62. The normalized spacial score (nSPS) is 25.7. The van der Waals surface area contributed by atoms with Crippen LogP contribution in [0.25, 0.3) is 17.4 Å². The predicted octanol–water partition coefficient (Wildman–Crippen LogP) is 3.90. The van der Waals surface area contributed by atoms with Gasteiger partial charge in [0, 0.05) is 36.5 Å². The van der Waals surface area contributed by atoms with Crippen LogP contribution in [0.15, 0.2) is 29.3 Å². The molecule has 3 aromatic rings. The van der Waals surface area contributed by atoms with Gasteiger partial charge in [0.15, 0.2) is 0 Å². The lowest BCUT2D eigenvalue weighted by Gasteiger charge is -2.37. The van der Waals surface area contributed by atoms with Crippen LogP contribution in [0.5, 0.6) is 5.88 Å². The summed E-state index contributed by atoms with van der Waals surface area (Å²) in [4.78, 5) is 29.2. The summed E-state index contributed by atoms with van der Waals surface area (Å²) in [7, 11) is 2.14. The third-order valence-corrected chi connectivity index (χ3v) is 8.15. The molecule has 1 saturated heterocycles. The summed E-state index contributed by atoms with van der Waals surface area (Å²) in [6.45, 7) is 3.18. The molecule has 0 amide bonds. The molecule has 3 atom stereocenters. The van der Waals surface area contributed by atoms with Crippen LogP contribution >= 0.6 is 0 Å². The Bertz CT molecular complexity index is 1220. The Hall–Kier alpha value is -3.07. The second kappa shape index (κ2) is 8.86. The standard InChI is InChI=1S/C26H32N6O3/c1-17(19-8-6-13-31(19)2)34-22-15-21(32-14-12-27-16-32)28-25(29-22)23-18-7-5-11-26(24(18)30-35-23)10-4-3-9-20(26)33/h12,14-17,19H,3-11,13H2,1-2H3/t17-,19-,26+/m0/s1. The molecule has 3 aromatic heterocycles. The second-order valence-electron chi connectivity index (χ2n) is 10.3. The van der Waals surface area contributed by atoms with E-state index in [0.29, 0.717) is 41.5 Å². The minimum absolute atomic E-state index is 0.0207. The molecule has 3 aliphatic rings. The van der Waals surface area contributed by atoms with Gasteiger partial charge in [-0.15, -0.1) is 0 Å². The summed E-state index contributed by atoms with van der Waals surface area (Å²) in [5, 5.41) is 4.47. The Morgan fingerprint density at radius 2 is 2.06 bits per heavy atom. The van der Waals surface area contributed by atoms with Gasteiger partial charge >= 0.3 is 0 Å². The Morgan fingerprint density at radius 1 is 1.17 bits per heavy atom. The van der Waals surface area contributed by atoms with Gasteiger partial charge in [0.2, 0.25) is 17.5 Å². The van der Waals surface area contributed by atoms with Crippen molar-refractivity contribution in [3.63, 3.8) is 0 Å². The van der Waals surface area contributed by atoms with Crippen LogP contribution in [0, 0.1) is 0 Å². The van der Waals surface area contributed by atoms with E-state index in [0.717, 1.165) is 62.7 Å². The number of ketones is 1. The average molecular weight is 477 g/mol. The predicted molar refractivity (Wildman–Crippen MR) is 128 cm³/mol. The molecule has 184 valence electrons. The third-order valence-electron chi connectivity index (χ3n) is 8.15. The quantitative estimate of drug-likeness (QED) is 0.547. The monoisotopic (exact) mass is 476 g/mol. The first-order chi connectivity index (χ1) is 17.0. The van der Waals surface area contributed by atoms with E-state index in [1.165, 1.54) is 6.42 Å². The van der Waals surface area contributed by atoms with Gasteiger partial charge in [-0.05, 0) is 65.5 Å². The zero-order valence-electron chi connectivity index (χ0n) is 20.4. The van der Waals surface area contributed by atoms with E-state index in [1.54, 1.807) is 12.5 Å². The molecule has 9 heteroatoms. The number of Topliss-reactive ketones (excluding diaryl/α,β-unsaturated/α-hetero) is 1. The van der Waals surface area contributed by atoms with Crippen LogP contribution in [0.1, 0.15) is 69.5 Å². The van der Waals surface area contributed by atoms with Gasteiger partial charge in [-0.3, -0.25) is 14.3 Å². The van der Waals surface area contributed by atoms with E-state index in [1.807, 2.05) is 16.8 Å². The fourth-order valence-electron chi connectivity index (χ4n) is 6.28. The first-order valence-electron chi connectivity index (χ1n) is 12.8. The van der Waals surface area contributed by atoms with E-state index in [4.69, 9.17) is 19.2 Å². The highest BCUT2D eigenvalue weighted by molar-refractivity contribution is 5.91. The number of fused-ring (bicyclic) bond motifs is 2. The first kappa shape index (κ1) is 22.4. The van der Waals surface area contributed by atoms with Crippen molar-refractivity contribution in [2.24, 2.45) is 0 Å². The van der Waals surface area contributed by atoms with Gasteiger partial charge in [-0.25, -0.2) is 9.97 Å². The molecule has 1 spiro atoms. The van der Waals surface area contributed by atoms with E-state index in [2.05, 4.69) is 29.0 Å². The third kappa shape index (κ3) is 3.86. The molecule has 1 aliphatic heterocycles. The second-order valence-corrected chi connectivity index (χ2v) is 10.3. The molecule has 0 bridgehead atoms. The number of carbonyl (C=O) groups excluding carboxylic acids is 1. The highest BCUT2D eigenvalue weighted by atomic mass is 16.5. The molecule has 0 aromatic carbocycles. The van der Waals surface area contributed by atoms with Gasteiger partial charge in [0.25, 0.3) is 0 Å². The largest absolute Gasteiger partial charge is 0.473 e. The highest BCUT2D eigenvalue weighted by Crippen LogP contribution is 2.47. The zero-order valence-corrected chi connectivity index (χ0v) is 20.4. The molecule has 0 unspecified atom stereocenters. The van der Waals surface area contributed by atoms with Crippen LogP contribution in [-0.2, 0) is 16.6 Å². The van der Waals surface area contributed by atoms with Gasteiger partial charge in [0.1, 0.15) is 29.7 Å². The lowest BCUT2D eigenvalue weighted by Crippen LogP contribution is -2.41. The molecule has 4 heterocycles. The summed E-state index contributed by atoms with van der Waals surface area (Å²) in [6.07, 6.45) is 13.6. The fourth-order valence-corrected chi connectivity index (χ4v) is 6.28. The molecule has 6 rings (SSSR count). The van der Waals surface area contributed by atoms with E-state index < -0.39 is 5.41 Å². The smallest absolute Gasteiger partial charge is 0.219 e. The molecule has 2 aliphatic carbocycles. The minimum atomic E-state index is -0.504. The Labute approximate surface area is 204 Å². The number of nitrogens with zero attached hydrogens (tertiary/aromatic N) is 6. The van der Waals surface area contributed by atoms with Crippen molar-refractivity contribution in [2.75, 3.05) is 13.6 Å². The van der Waals surface area contributed by atoms with Crippen LogP contribution in [0.2, 0.25) is 0 Å². The number of aromatic nitrogens is 5.